The Morgan fingerprint density at radius 2 is 1.62 bits per heavy atom. The van der Waals surface area contributed by atoms with Crippen molar-refractivity contribution in [1.82, 2.24) is 0 Å². The molecule has 0 saturated carbocycles. The SMILES string of the molecule is CO[P+](O)(OC)c1ccc(Cl)cc1. The van der Waals surface area contributed by atoms with Gasteiger partial charge in [0, 0.05) is 5.02 Å². The Labute approximate surface area is 82.8 Å². The Kier molecular flexibility index (Phi) is 3.65. The maximum atomic E-state index is 9.81. The summed E-state index contributed by atoms with van der Waals surface area (Å²) in [4.78, 5) is 9.81. The molecular weight excluding hydrogens is 211 g/mol. The summed E-state index contributed by atoms with van der Waals surface area (Å²) in [7, 11) is -0.0448. The third kappa shape index (κ3) is 2.39. The summed E-state index contributed by atoms with van der Waals surface area (Å²) in [5, 5.41) is 1.23. The summed E-state index contributed by atoms with van der Waals surface area (Å²) >= 11 is 5.70. The molecule has 0 aliphatic heterocycles. The van der Waals surface area contributed by atoms with Crippen molar-refractivity contribution in [2.45, 2.75) is 0 Å². The minimum absolute atomic E-state index is 0.613. The Balaban J connectivity index is 2.99. The molecule has 72 valence electrons. The zero-order valence-corrected chi connectivity index (χ0v) is 9.05. The standard InChI is InChI=1S/C8H11ClO3P/c1-11-13(10,12-2)8-5-3-7(9)4-6-8/h3-6,10H,1-2H3/q+1. The lowest BCUT2D eigenvalue weighted by Crippen LogP contribution is -2.13. The number of benzene rings is 1. The second-order valence-electron chi connectivity index (χ2n) is 2.36. The van der Waals surface area contributed by atoms with E-state index in [1.54, 1.807) is 24.3 Å². The zero-order valence-electron chi connectivity index (χ0n) is 7.40. The summed E-state index contributed by atoms with van der Waals surface area (Å²) in [6.45, 7) is 0. The van der Waals surface area contributed by atoms with E-state index < -0.39 is 7.94 Å². The van der Waals surface area contributed by atoms with Gasteiger partial charge in [0.1, 0.15) is 0 Å². The zero-order chi connectivity index (χ0) is 9.90. The predicted molar refractivity (Wildman–Crippen MR) is 54.2 cm³/mol. The molecule has 0 aromatic heterocycles. The molecule has 0 atom stereocenters. The minimum atomic E-state index is -2.86. The fraction of sp³-hybridized carbons (Fsp3) is 0.250. The van der Waals surface area contributed by atoms with Crippen LogP contribution in [-0.2, 0) is 9.05 Å². The molecule has 0 spiro atoms. The van der Waals surface area contributed by atoms with Gasteiger partial charge in [0.2, 0.25) is 0 Å². The van der Waals surface area contributed by atoms with Gasteiger partial charge in [-0.25, -0.2) is 0 Å². The molecule has 1 aromatic carbocycles. The van der Waals surface area contributed by atoms with Crippen LogP contribution in [0.2, 0.25) is 5.02 Å². The normalized spacial score (nSPS) is 11.7. The van der Waals surface area contributed by atoms with E-state index in [9.17, 15) is 4.89 Å². The van der Waals surface area contributed by atoms with Gasteiger partial charge in [0.05, 0.1) is 14.2 Å². The molecule has 3 nitrogen and oxygen atoms in total. The van der Waals surface area contributed by atoms with Crippen molar-refractivity contribution in [2.75, 3.05) is 14.2 Å². The van der Waals surface area contributed by atoms with Crippen molar-refractivity contribution in [3.8, 4) is 0 Å². The number of rotatable bonds is 3. The van der Waals surface area contributed by atoms with Gasteiger partial charge in [-0.05, 0) is 24.3 Å². The van der Waals surface area contributed by atoms with E-state index in [1.807, 2.05) is 0 Å². The van der Waals surface area contributed by atoms with Crippen LogP contribution >= 0.6 is 19.5 Å². The van der Waals surface area contributed by atoms with Crippen LogP contribution in [0, 0.1) is 0 Å². The topological polar surface area (TPSA) is 38.7 Å². The van der Waals surface area contributed by atoms with Crippen LogP contribution in [0.5, 0.6) is 0 Å². The maximum absolute atomic E-state index is 9.81. The monoisotopic (exact) mass is 221 g/mol. The highest BCUT2D eigenvalue weighted by Crippen LogP contribution is 2.53. The minimum Gasteiger partial charge on any atom is -0.188 e. The molecule has 0 aliphatic carbocycles. The van der Waals surface area contributed by atoms with Crippen molar-refractivity contribution in [3.05, 3.63) is 29.3 Å². The summed E-state index contributed by atoms with van der Waals surface area (Å²) in [5.41, 5.74) is 0. The first kappa shape index (κ1) is 10.9. The lowest BCUT2D eigenvalue weighted by Gasteiger charge is -2.11. The Bertz CT molecular complexity index is 271. The summed E-state index contributed by atoms with van der Waals surface area (Å²) in [6.07, 6.45) is 0. The molecule has 1 rings (SSSR count). The van der Waals surface area contributed by atoms with Gasteiger partial charge < -0.3 is 0 Å². The van der Waals surface area contributed by atoms with E-state index >= 15 is 0 Å². The van der Waals surface area contributed by atoms with Crippen LogP contribution in [0.4, 0.5) is 0 Å². The van der Waals surface area contributed by atoms with Gasteiger partial charge in [0.25, 0.3) is 0 Å². The highest BCUT2D eigenvalue weighted by Gasteiger charge is 2.41. The second-order valence-corrected chi connectivity index (χ2v) is 5.09. The van der Waals surface area contributed by atoms with Crippen molar-refractivity contribution in [1.29, 1.82) is 0 Å². The molecule has 5 heteroatoms. The Hall–Kier alpha value is -0.180. The van der Waals surface area contributed by atoms with Gasteiger partial charge in [-0.15, -0.1) is 0 Å². The van der Waals surface area contributed by atoms with Gasteiger partial charge >= 0.3 is 7.94 Å². The number of hydrogen-bond acceptors (Lipinski definition) is 3. The summed E-state index contributed by atoms with van der Waals surface area (Å²) in [6, 6.07) is 6.73. The molecule has 0 radical (unpaired) electrons. The fourth-order valence-electron chi connectivity index (χ4n) is 0.915. The molecule has 0 heterocycles. The third-order valence-electron chi connectivity index (χ3n) is 1.65. The molecular formula is C8H11ClO3P+. The number of halogens is 1. The number of hydrogen-bond donors (Lipinski definition) is 1. The van der Waals surface area contributed by atoms with Crippen molar-refractivity contribution in [3.63, 3.8) is 0 Å². The van der Waals surface area contributed by atoms with Gasteiger partial charge in [-0.2, -0.15) is 13.9 Å². The van der Waals surface area contributed by atoms with Gasteiger partial charge in [-0.1, -0.05) is 11.6 Å². The highest BCUT2D eigenvalue weighted by molar-refractivity contribution is 7.68. The molecule has 0 fully saturated rings. The lowest BCUT2D eigenvalue weighted by atomic mass is 10.4. The van der Waals surface area contributed by atoms with Crippen molar-refractivity contribution in [2.24, 2.45) is 0 Å². The van der Waals surface area contributed by atoms with E-state index in [0.29, 0.717) is 10.3 Å². The molecule has 1 N–H and O–H groups in total. The van der Waals surface area contributed by atoms with Crippen LogP contribution in [0.15, 0.2) is 24.3 Å². The third-order valence-corrected chi connectivity index (χ3v) is 3.84. The fourth-order valence-corrected chi connectivity index (χ4v) is 2.14. The first-order valence-corrected chi connectivity index (χ1v) is 5.57. The van der Waals surface area contributed by atoms with Crippen LogP contribution in [0.3, 0.4) is 0 Å². The van der Waals surface area contributed by atoms with E-state index in [4.69, 9.17) is 20.6 Å². The maximum Gasteiger partial charge on any atom is 0.445 e. The molecule has 0 bridgehead atoms. The van der Waals surface area contributed by atoms with Gasteiger partial charge in [-0.3, -0.25) is 0 Å². The molecule has 0 saturated heterocycles. The summed E-state index contributed by atoms with van der Waals surface area (Å²) in [5.74, 6) is 0. The van der Waals surface area contributed by atoms with Crippen LogP contribution < -0.4 is 5.30 Å². The molecule has 13 heavy (non-hydrogen) atoms. The van der Waals surface area contributed by atoms with Crippen molar-refractivity contribution < 1.29 is 13.9 Å². The highest BCUT2D eigenvalue weighted by atomic mass is 35.5. The molecule has 0 amide bonds. The Morgan fingerprint density at radius 3 is 2.00 bits per heavy atom. The van der Waals surface area contributed by atoms with Crippen LogP contribution in [0.25, 0.3) is 0 Å². The van der Waals surface area contributed by atoms with Crippen LogP contribution in [0.1, 0.15) is 0 Å². The summed E-state index contributed by atoms with van der Waals surface area (Å²) < 4.78 is 9.83. The van der Waals surface area contributed by atoms with Gasteiger partial charge in [0.15, 0.2) is 5.30 Å². The second kappa shape index (κ2) is 4.36. The molecule has 0 aliphatic rings. The lowest BCUT2D eigenvalue weighted by molar-refractivity contribution is 0.253. The predicted octanol–water partition coefficient (Wildman–Crippen LogP) is 2.01. The van der Waals surface area contributed by atoms with E-state index in [-0.39, 0.29) is 0 Å². The molecule has 0 unspecified atom stereocenters. The first-order valence-electron chi connectivity index (χ1n) is 3.62. The average Bonchev–Trinajstić information content (AvgIpc) is 2.18. The van der Waals surface area contributed by atoms with E-state index in [1.165, 1.54) is 14.2 Å². The molecule has 1 aromatic rings. The Morgan fingerprint density at radius 1 is 1.15 bits per heavy atom. The smallest absolute Gasteiger partial charge is 0.188 e. The van der Waals surface area contributed by atoms with E-state index in [0.717, 1.165) is 0 Å². The quantitative estimate of drug-likeness (QED) is 0.794. The first-order chi connectivity index (χ1) is 6.12. The average molecular weight is 222 g/mol. The largest absolute Gasteiger partial charge is 0.445 e. The van der Waals surface area contributed by atoms with Crippen molar-refractivity contribution >= 4 is 24.8 Å². The van der Waals surface area contributed by atoms with E-state index in [2.05, 4.69) is 0 Å². The van der Waals surface area contributed by atoms with Crippen LogP contribution in [-0.4, -0.2) is 19.1 Å².